The molecule has 15 rings (SSSR count). The van der Waals surface area contributed by atoms with Gasteiger partial charge >= 0.3 is 0 Å². The van der Waals surface area contributed by atoms with Crippen LogP contribution in [0.4, 0.5) is 45.5 Å². The van der Waals surface area contributed by atoms with E-state index in [1.807, 2.05) is 0 Å². The molecule has 1 aromatic heterocycles. The fourth-order valence-corrected chi connectivity index (χ4v) is 18.0. The van der Waals surface area contributed by atoms with Gasteiger partial charge in [0.05, 0.1) is 16.9 Å². The number of furan rings is 1. The lowest BCUT2D eigenvalue weighted by atomic mass is 9.35. The van der Waals surface area contributed by atoms with Gasteiger partial charge < -0.3 is 19.1 Å². The van der Waals surface area contributed by atoms with Gasteiger partial charge in [0.2, 0.25) is 0 Å². The van der Waals surface area contributed by atoms with Gasteiger partial charge in [0.15, 0.2) is 0 Å². The fraction of sp³-hybridized carbons (Fsp3) is 0.450. The van der Waals surface area contributed by atoms with E-state index < -0.39 is 0 Å². The van der Waals surface area contributed by atoms with Crippen LogP contribution in [0.15, 0.2) is 132 Å². The average Bonchev–Trinajstić information content (AvgIpc) is 1.68. The van der Waals surface area contributed by atoms with Gasteiger partial charge in [-0.05, 0) is 229 Å². The smallest absolute Gasteiger partial charge is 0.297 e. The van der Waals surface area contributed by atoms with Crippen LogP contribution in [0.25, 0.3) is 22.1 Å². The van der Waals surface area contributed by atoms with Gasteiger partial charge in [-0.1, -0.05) is 184 Å². The molecule has 2 atom stereocenters. The summed E-state index contributed by atoms with van der Waals surface area (Å²) in [7, 11) is 0. The molecule has 1 fully saturated rings. The lowest BCUT2D eigenvalue weighted by Crippen LogP contribution is -2.61. The fourth-order valence-electron chi connectivity index (χ4n) is 18.0. The normalized spacial score (nSPS) is 23.9. The minimum atomic E-state index is -0.199. The summed E-state index contributed by atoms with van der Waals surface area (Å²) >= 11 is 0. The molecule has 8 aromatic rings. The highest BCUT2D eigenvalue weighted by atomic mass is 16.3. The van der Waals surface area contributed by atoms with E-state index in [9.17, 15) is 0 Å². The van der Waals surface area contributed by atoms with Crippen molar-refractivity contribution in [1.82, 2.24) is 0 Å². The maximum absolute atomic E-state index is 7.95. The Morgan fingerprint density at radius 3 is 1.58 bits per heavy atom. The molecule has 0 N–H and O–H groups in total. The van der Waals surface area contributed by atoms with Crippen LogP contribution in [-0.2, 0) is 43.3 Å². The van der Waals surface area contributed by atoms with E-state index in [1.165, 1.54) is 137 Å². The second kappa shape index (κ2) is 17.6. The van der Waals surface area contributed by atoms with E-state index in [-0.39, 0.29) is 55.6 Å². The maximum atomic E-state index is 7.95. The molecule has 1 saturated carbocycles. The van der Waals surface area contributed by atoms with Crippen molar-refractivity contribution >= 4 is 79.8 Å². The zero-order valence-electron chi connectivity index (χ0n) is 54.5. The van der Waals surface area contributed by atoms with Crippen molar-refractivity contribution in [3.05, 3.63) is 172 Å². The van der Waals surface area contributed by atoms with Crippen molar-refractivity contribution in [2.45, 2.75) is 231 Å². The SMILES string of the molecule is CC(C)(C)c1ccc(N2c3cc4c(cc3B3c5oc6cc7c(cc6c5N(c5ccc6c(c5)C(C)(C)CCC6(C)C)c5cc(N6c8ccc(-c9ccccc9)cc8C8(C)CCCCC68C)cc2c53)C(C)(C)CCC7(C)C)C(C)(C)CCC4(C)C)cc1. The Labute approximate surface area is 509 Å². The number of hydrogen-bond donors (Lipinski definition) is 0. The summed E-state index contributed by atoms with van der Waals surface area (Å²) in [6.07, 6.45) is 11.6. The zero-order chi connectivity index (χ0) is 59.7. The van der Waals surface area contributed by atoms with Crippen molar-refractivity contribution in [1.29, 1.82) is 0 Å². The van der Waals surface area contributed by atoms with E-state index in [0.717, 1.165) is 56.2 Å². The molecule has 4 nitrogen and oxygen atoms in total. The largest absolute Gasteiger partial charge is 0.468 e. The first-order valence-corrected chi connectivity index (χ1v) is 32.8. The van der Waals surface area contributed by atoms with E-state index in [2.05, 4.69) is 260 Å². The van der Waals surface area contributed by atoms with Crippen LogP contribution >= 0.6 is 0 Å². The minimum Gasteiger partial charge on any atom is -0.468 e. The Balaban J connectivity index is 1.10. The summed E-state index contributed by atoms with van der Waals surface area (Å²) in [5.41, 5.74) is 28.8. The molecule has 7 aliphatic rings. The van der Waals surface area contributed by atoms with Crippen molar-refractivity contribution in [3.63, 3.8) is 0 Å². The third-order valence-corrected chi connectivity index (χ3v) is 24.1. The molecule has 7 aromatic carbocycles. The van der Waals surface area contributed by atoms with Gasteiger partial charge in [-0.15, -0.1) is 0 Å². The van der Waals surface area contributed by atoms with Gasteiger partial charge in [0.25, 0.3) is 6.71 Å². The van der Waals surface area contributed by atoms with Gasteiger partial charge in [-0.25, -0.2) is 0 Å². The molecule has 4 heterocycles. The van der Waals surface area contributed by atoms with Crippen LogP contribution in [0, 0.1) is 0 Å². The summed E-state index contributed by atoms with van der Waals surface area (Å²) in [6, 6.07) is 51.7. The topological polar surface area (TPSA) is 22.9 Å². The Hall–Kier alpha value is -6.46. The number of fused-ring (bicyclic) bond motifs is 12. The Morgan fingerprint density at radius 1 is 0.412 bits per heavy atom. The van der Waals surface area contributed by atoms with Crippen LogP contribution in [0.1, 0.15) is 226 Å². The van der Waals surface area contributed by atoms with E-state index >= 15 is 0 Å². The van der Waals surface area contributed by atoms with Gasteiger partial charge in [-0.3, -0.25) is 0 Å². The Bertz CT molecular complexity index is 4120. The second-order valence-corrected chi connectivity index (χ2v) is 33.2. The van der Waals surface area contributed by atoms with E-state index in [1.54, 1.807) is 0 Å². The van der Waals surface area contributed by atoms with Crippen molar-refractivity contribution < 1.29 is 4.42 Å². The highest BCUT2D eigenvalue weighted by Crippen LogP contribution is 2.63. The lowest BCUT2D eigenvalue weighted by molar-refractivity contribution is 0.195. The molecule has 0 saturated heterocycles. The summed E-state index contributed by atoms with van der Waals surface area (Å²) < 4.78 is 7.95. The first kappa shape index (κ1) is 55.1. The highest BCUT2D eigenvalue weighted by Gasteiger charge is 2.59. The lowest BCUT2D eigenvalue weighted by Gasteiger charge is -2.51. The predicted molar refractivity (Wildman–Crippen MR) is 363 cm³/mol. The average molecular weight is 1120 g/mol. The number of nitrogens with zero attached hydrogens (tertiary/aromatic N) is 3. The molecule has 5 heteroatoms. The standard InChI is InChI=1S/C80H92BN3O/c1-72(2,3)51-26-28-52(29-27-51)82-65-47-60-59(76(10,11)38-39-77(60,12)13)46-63(65)81-69-66(82)43-54(84-64-32-25-50(49-23-19-18-20-24-49)41-62(64)79(16)33-21-22-34-80(79,84)17)44-67(69)83(53-30-31-56-57(42-53)74(6,7)36-35-73(56,4)5)70-55-45-58-61(48-68(55)85-71(70)81)78(14,15)40-37-75(58,8)9/h18-20,23-32,41-48H,21-22,33-40H2,1-17H3. The molecular weight excluding hydrogens is 1030 g/mol. The first-order valence-electron chi connectivity index (χ1n) is 32.8. The second-order valence-electron chi connectivity index (χ2n) is 33.2. The van der Waals surface area contributed by atoms with Crippen molar-refractivity contribution in [2.75, 3.05) is 14.7 Å². The maximum Gasteiger partial charge on any atom is 0.297 e. The molecule has 4 aliphatic carbocycles. The molecule has 0 bridgehead atoms. The summed E-state index contributed by atoms with van der Waals surface area (Å²) in [5.74, 6) is 0. The summed E-state index contributed by atoms with van der Waals surface area (Å²) in [5, 5.41) is 1.22. The van der Waals surface area contributed by atoms with Crippen LogP contribution in [-0.4, -0.2) is 12.3 Å². The van der Waals surface area contributed by atoms with Gasteiger partial charge in [0.1, 0.15) is 5.58 Å². The van der Waals surface area contributed by atoms with E-state index in [0.29, 0.717) is 0 Å². The number of hydrogen-bond acceptors (Lipinski definition) is 4. The molecule has 0 radical (unpaired) electrons. The van der Waals surface area contributed by atoms with Crippen LogP contribution in [0.2, 0.25) is 0 Å². The first-order chi connectivity index (χ1) is 39.9. The molecule has 85 heavy (non-hydrogen) atoms. The minimum absolute atomic E-state index is 0.00294. The Kier molecular flexibility index (Phi) is 11.4. The van der Waals surface area contributed by atoms with Gasteiger partial charge in [0, 0.05) is 50.6 Å². The highest BCUT2D eigenvalue weighted by molar-refractivity contribution is 7.00. The summed E-state index contributed by atoms with van der Waals surface area (Å²) in [4.78, 5) is 8.31. The quantitative estimate of drug-likeness (QED) is 0.164. The molecule has 2 unspecified atom stereocenters. The van der Waals surface area contributed by atoms with E-state index in [4.69, 9.17) is 4.42 Å². The van der Waals surface area contributed by atoms with Crippen LogP contribution < -0.4 is 31.3 Å². The van der Waals surface area contributed by atoms with Crippen LogP contribution in [0.3, 0.4) is 0 Å². The van der Waals surface area contributed by atoms with Crippen LogP contribution in [0.5, 0.6) is 0 Å². The third-order valence-electron chi connectivity index (χ3n) is 24.1. The number of benzene rings is 7. The molecule has 3 aliphatic heterocycles. The third kappa shape index (κ3) is 7.78. The zero-order valence-corrected chi connectivity index (χ0v) is 54.5. The number of rotatable bonds is 4. The predicted octanol–water partition coefficient (Wildman–Crippen LogP) is 20.3. The number of anilines is 8. The molecule has 436 valence electrons. The van der Waals surface area contributed by atoms with Gasteiger partial charge in [-0.2, -0.15) is 0 Å². The molecular formula is C80H92BN3O. The monoisotopic (exact) mass is 1120 g/mol. The van der Waals surface area contributed by atoms with Crippen molar-refractivity contribution in [3.8, 4) is 11.1 Å². The Morgan fingerprint density at radius 2 is 0.953 bits per heavy atom. The molecule has 0 spiro atoms. The molecule has 0 amide bonds. The van der Waals surface area contributed by atoms with Crippen molar-refractivity contribution in [2.24, 2.45) is 0 Å². The summed E-state index contributed by atoms with van der Waals surface area (Å²) in [6.45, 7) is 41.9.